The molecule has 35 heavy (non-hydrogen) atoms. The molecule has 1 saturated heterocycles. The molecule has 1 fully saturated rings. The van der Waals surface area contributed by atoms with E-state index in [1.165, 1.54) is 34.4 Å². The Morgan fingerprint density at radius 1 is 0.971 bits per heavy atom. The fourth-order valence-corrected chi connectivity index (χ4v) is 5.48. The molecule has 1 atom stereocenters. The molecular formula is C28H23FN2O3S. The number of Topliss-reactive ketones (excluding diaryl/α,β-unsaturated/α-hetero) is 1. The normalized spacial score (nSPS) is 17.5. The van der Waals surface area contributed by atoms with Crippen LogP contribution in [0.15, 0.2) is 60.2 Å². The lowest BCUT2D eigenvalue weighted by molar-refractivity contribution is -0.132. The predicted octanol–water partition coefficient (Wildman–Crippen LogP) is 6.30. The van der Waals surface area contributed by atoms with Crippen LogP contribution in [0, 0.1) is 33.5 Å². The summed E-state index contributed by atoms with van der Waals surface area (Å²) in [5.74, 6) is -2.32. The van der Waals surface area contributed by atoms with Gasteiger partial charge in [0.25, 0.3) is 5.78 Å². The Balaban J connectivity index is 1.75. The minimum atomic E-state index is -0.872. The number of aliphatic hydroxyl groups excluding tert-OH is 1. The number of carbonyl (C=O) groups is 2. The van der Waals surface area contributed by atoms with Gasteiger partial charge in [0.15, 0.2) is 5.13 Å². The Hall–Kier alpha value is -3.84. The van der Waals surface area contributed by atoms with Gasteiger partial charge in [-0.05, 0) is 80.3 Å². The molecule has 4 aromatic rings. The number of hydrogen-bond donors (Lipinski definition) is 1. The van der Waals surface area contributed by atoms with E-state index in [0.29, 0.717) is 16.3 Å². The van der Waals surface area contributed by atoms with E-state index < -0.39 is 23.5 Å². The number of rotatable bonds is 3. The number of halogens is 1. The van der Waals surface area contributed by atoms with Crippen molar-refractivity contribution in [1.82, 2.24) is 4.98 Å². The number of aromatic nitrogens is 1. The zero-order chi connectivity index (χ0) is 25.0. The molecule has 1 aliphatic heterocycles. The number of carbonyl (C=O) groups excluding carboxylic acids is 2. The first kappa shape index (κ1) is 22.9. The summed E-state index contributed by atoms with van der Waals surface area (Å²) in [6, 6.07) is 14.7. The van der Waals surface area contributed by atoms with Crippen LogP contribution < -0.4 is 4.90 Å². The average molecular weight is 487 g/mol. The van der Waals surface area contributed by atoms with Gasteiger partial charge in [-0.3, -0.25) is 14.5 Å². The number of anilines is 1. The molecule has 0 aliphatic carbocycles. The standard InChI is InChI=1S/C28H23FN2O3S/c1-14-6-5-7-18(10-14)24-23(25(32)19-8-9-20(29)17(4)11-19)26(33)27(34)31(24)28-30-21-12-15(2)16(3)13-22(21)35-28/h5-13,24,32H,1-4H3/b25-23+. The molecule has 3 aromatic carbocycles. The lowest BCUT2D eigenvalue weighted by atomic mass is 9.94. The van der Waals surface area contributed by atoms with E-state index in [-0.39, 0.29) is 16.9 Å². The highest BCUT2D eigenvalue weighted by Gasteiger charge is 2.48. The molecule has 1 aliphatic rings. The van der Waals surface area contributed by atoms with Gasteiger partial charge in [-0.2, -0.15) is 0 Å². The molecule has 1 amide bonds. The summed E-state index contributed by atoms with van der Waals surface area (Å²) in [5, 5.41) is 11.6. The van der Waals surface area contributed by atoms with Gasteiger partial charge in [0.1, 0.15) is 11.6 Å². The zero-order valence-corrected chi connectivity index (χ0v) is 20.5. The van der Waals surface area contributed by atoms with Crippen molar-refractivity contribution in [3.8, 4) is 0 Å². The number of hydrogen-bond acceptors (Lipinski definition) is 5. The Labute approximate surface area is 206 Å². The van der Waals surface area contributed by atoms with E-state index in [1.807, 2.05) is 57.2 Å². The van der Waals surface area contributed by atoms with Crippen LogP contribution in [0.25, 0.3) is 16.0 Å². The van der Waals surface area contributed by atoms with E-state index >= 15 is 0 Å². The van der Waals surface area contributed by atoms with Crippen molar-refractivity contribution in [1.29, 1.82) is 0 Å². The van der Waals surface area contributed by atoms with Crippen LogP contribution >= 0.6 is 11.3 Å². The Morgan fingerprint density at radius 3 is 2.43 bits per heavy atom. The summed E-state index contributed by atoms with van der Waals surface area (Å²) >= 11 is 1.33. The maximum absolute atomic E-state index is 13.9. The maximum Gasteiger partial charge on any atom is 0.301 e. The first-order chi connectivity index (χ1) is 16.7. The molecule has 1 aromatic heterocycles. The number of nitrogens with zero attached hydrogens (tertiary/aromatic N) is 2. The SMILES string of the molecule is Cc1cccc(C2/C(=C(\O)c3ccc(F)c(C)c3)C(=O)C(=O)N2c2nc3cc(C)c(C)cc3s2)c1. The van der Waals surface area contributed by atoms with Crippen LogP contribution in [-0.2, 0) is 9.59 Å². The largest absolute Gasteiger partial charge is 0.507 e. The van der Waals surface area contributed by atoms with Crippen molar-refractivity contribution in [2.45, 2.75) is 33.7 Å². The minimum Gasteiger partial charge on any atom is -0.507 e. The van der Waals surface area contributed by atoms with Crippen molar-refractivity contribution in [3.05, 3.63) is 99.4 Å². The number of benzene rings is 3. The first-order valence-electron chi connectivity index (χ1n) is 11.2. The topological polar surface area (TPSA) is 70.5 Å². The maximum atomic E-state index is 13.9. The quantitative estimate of drug-likeness (QED) is 0.210. The van der Waals surface area contributed by atoms with Gasteiger partial charge in [0.2, 0.25) is 0 Å². The summed E-state index contributed by atoms with van der Waals surface area (Å²) in [6.07, 6.45) is 0. The van der Waals surface area contributed by atoms with Crippen LogP contribution in [0.1, 0.15) is 39.4 Å². The van der Waals surface area contributed by atoms with Crippen LogP contribution in [-0.4, -0.2) is 21.8 Å². The average Bonchev–Trinajstić information content (AvgIpc) is 3.33. The molecule has 0 saturated carbocycles. The van der Waals surface area contributed by atoms with Gasteiger partial charge >= 0.3 is 5.91 Å². The number of amides is 1. The van der Waals surface area contributed by atoms with Gasteiger partial charge in [0.05, 0.1) is 21.8 Å². The number of thiazole rings is 1. The fraction of sp³-hybridized carbons (Fsp3) is 0.179. The number of aliphatic hydroxyl groups is 1. The monoisotopic (exact) mass is 486 g/mol. The second-order valence-corrected chi connectivity index (χ2v) is 9.96. The summed E-state index contributed by atoms with van der Waals surface area (Å²) in [7, 11) is 0. The van der Waals surface area contributed by atoms with Crippen LogP contribution in [0.2, 0.25) is 0 Å². The molecule has 0 radical (unpaired) electrons. The lowest BCUT2D eigenvalue weighted by Crippen LogP contribution is -2.29. The highest BCUT2D eigenvalue weighted by Crippen LogP contribution is 2.44. The van der Waals surface area contributed by atoms with E-state index in [1.54, 1.807) is 6.92 Å². The predicted molar refractivity (Wildman–Crippen MR) is 136 cm³/mol. The third kappa shape index (κ3) is 3.82. The van der Waals surface area contributed by atoms with Gasteiger partial charge in [-0.15, -0.1) is 0 Å². The molecular weight excluding hydrogens is 463 g/mol. The van der Waals surface area contributed by atoms with Crippen LogP contribution in [0.5, 0.6) is 0 Å². The molecule has 176 valence electrons. The third-order valence-corrected chi connectivity index (χ3v) is 7.45. The van der Waals surface area contributed by atoms with Crippen molar-refractivity contribution < 1.29 is 19.1 Å². The number of ketones is 1. The molecule has 5 nitrogen and oxygen atoms in total. The number of fused-ring (bicyclic) bond motifs is 1. The highest BCUT2D eigenvalue weighted by atomic mass is 32.1. The molecule has 0 bridgehead atoms. The fourth-order valence-electron chi connectivity index (χ4n) is 4.40. The van der Waals surface area contributed by atoms with Crippen LogP contribution in [0.4, 0.5) is 9.52 Å². The van der Waals surface area contributed by atoms with Gasteiger partial charge in [0, 0.05) is 5.56 Å². The number of aryl methyl sites for hydroxylation is 4. The summed E-state index contributed by atoms with van der Waals surface area (Å²) < 4.78 is 14.8. The van der Waals surface area contributed by atoms with E-state index in [0.717, 1.165) is 26.9 Å². The Bertz CT molecular complexity index is 1530. The summed E-state index contributed by atoms with van der Waals surface area (Å²) in [4.78, 5) is 32.8. The Kier molecular flexibility index (Phi) is 5.52. The van der Waals surface area contributed by atoms with Gasteiger partial charge in [-0.25, -0.2) is 9.37 Å². The minimum absolute atomic E-state index is 0.0433. The smallest absolute Gasteiger partial charge is 0.301 e. The van der Waals surface area contributed by atoms with E-state index in [2.05, 4.69) is 4.98 Å². The molecule has 0 spiro atoms. The molecule has 1 unspecified atom stereocenters. The van der Waals surface area contributed by atoms with Crippen molar-refractivity contribution >= 4 is 44.1 Å². The molecule has 5 rings (SSSR count). The van der Waals surface area contributed by atoms with Crippen LogP contribution in [0.3, 0.4) is 0 Å². The third-order valence-electron chi connectivity index (χ3n) is 6.43. The summed E-state index contributed by atoms with van der Waals surface area (Å²) in [5.41, 5.74) is 5.11. The Morgan fingerprint density at radius 2 is 1.71 bits per heavy atom. The molecule has 7 heteroatoms. The zero-order valence-electron chi connectivity index (χ0n) is 19.7. The first-order valence-corrected chi connectivity index (χ1v) is 12.0. The summed E-state index contributed by atoms with van der Waals surface area (Å²) in [6.45, 7) is 7.51. The van der Waals surface area contributed by atoms with Crippen molar-refractivity contribution in [3.63, 3.8) is 0 Å². The molecule has 2 heterocycles. The second kappa shape index (κ2) is 8.43. The second-order valence-electron chi connectivity index (χ2n) is 8.95. The molecule has 1 N–H and O–H groups in total. The van der Waals surface area contributed by atoms with Crippen molar-refractivity contribution in [2.75, 3.05) is 4.90 Å². The van der Waals surface area contributed by atoms with Gasteiger partial charge < -0.3 is 5.11 Å². The van der Waals surface area contributed by atoms with E-state index in [4.69, 9.17) is 0 Å². The van der Waals surface area contributed by atoms with E-state index in [9.17, 15) is 19.1 Å². The van der Waals surface area contributed by atoms with Gasteiger partial charge in [-0.1, -0.05) is 41.2 Å². The highest BCUT2D eigenvalue weighted by molar-refractivity contribution is 7.22. The lowest BCUT2D eigenvalue weighted by Gasteiger charge is -2.23. The van der Waals surface area contributed by atoms with Crippen molar-refractivity contribution in [2.24, 2.45) is 0 Å².